The van der Waals surface area contributed by atoms with Gasteiger partial charge in [0.25, 0.3) is 0 Å². The summed E-state index contributed by atoms with van der Waals surface area (Å²) in [6.07, 6.45) is 0. The lowest BCUT2D eigenvalue weighted by molar-refractivity contribution is 0.786. The average molecular weight is 327 g/mol. The van der Waals surface area contributed by atoms with Crippen molar-refractivity contribution in [3.8, 4) is 0 Å². The first kappa shape index (κ1) is 18.1. The van der Waals surface area contributed by atoms with Gasteiger partial charge in [0.15, 0.2) is 0 Å². The second-order valence-electron chi connectivity index (χ2n) is 7.38. The van der Waals surface area contributed by atoms with Crippen LogP contribution in [0.25, 0.3) is 0 Å². The molecule has 2 aromatic carbocycles. The molecule has 0 aromatic heterocycles. The first-order chi connectivity index (χ1) is 10.8. The maximum Gasteiger partial charge on any atom is 0.0125 e. The normalized spacial score (nSPS) is 11.7. The van der Waals surface area contributed by atoms with Crippen LogP contribution < -0.4 is 0 Å². The van der Waals surface area contributed by atoms with Gasteiger partial charge in [0.1, 0.15) is 0 Å². The van der Waals surface area contributed by atoms with E-state index in [-0.39, 0.29) is 0 Å². The van der Waals surface area contributed by atoms with Crippen LogP contribution in [0.15, 0.2) is 46.2 Å². The Hall–Kier alpha value is -1.21. The lowest BCUT2D eigenvalue weighted by Crippen LogP contribution is -1.98. The quantitative estimate of drug-likeness (QED) is 0.547. The van der Waals surface area contributed by atoms with Crippen LogP contribution in [0.2, 0.25) is 0 Å². The lowest BCUT2D eigenvalue weighted by Gasteiger charge is -2.17. The Morgan fingerprint density at radius 3 is 1.61 bits per heavy atom. The Kier molecular flexibility index (Phi) is 5.97. The van der Waals surface area contributed by atoms with Gasteiger partial charge < -0.3 is 0 Å². The molecular weight excluding hydrogens is 296 g/mol. The molecule has 0 bridgehead atoms. The van der Waals surface area contributed by atoms with Crippen LogP contribution in [0.4, 0.5) is 0 Å². The van der Waals surface area contributed by atoms with Crippen molar-refractivity contribution in [1.82, 2.24) is 0 Å². The van der Waals surface area contributed by atoms with Crippen LogP contribution >= 0.6 is 11.8 Å². The molecule has 0 fully saturated rings. The molecule has 2 rings (SSSR count). The molecule has 0 saturated carbocycles. The van der Waals surface area contributed by atoms with Gasteiger partial charge in [0, 0.05) is 9.79 Å². The second-order valence-corrected chi connectivity index (χ2v) is 8.52. The summed E-state index contributed by atoms with van der Waals surface area (Å²) in [4.78, 5) is 2.68. The summed E-state index contributed by atoms with van der Waals surface area (Å²) < 4.78 is 0. The lowest BCUT2D eigenvalue weighted by atomic mass is 9.91. The largest absolute Gasteiger partial charge is 0.0901 e. The van der Waals surface area contributed by atoms with Gasteiger partial charge in [-0.25, -0.2) is 0 Å². The Balaban J connectivity index is 2.34. The summed E-state index contributed by atoms with van der Waals surface area (Å²) >= 11 is 1.88. The van der Waals surface area contributed by atoms with E-state index >= 15 is 0 Å². The minimum Gasteiger partial charge on any atom is -0.0901 e. The number of rotatable bonds is 5. The molecule has 0 nitrogen and oxygen atoms in total. The molecule has 0 N–H and O–H groups in total. The maximum absolute atomic E-state index is 2.39. The van der Waals surface area contributed by atoms with Crippen molar-refractivity contribution in [1.29, 1.82) is 0 Å². The fourth-order valence-corrected chi connectivity index (χ4v) is 4.00. The molecule has 1 heteroatoms. The van der Waals surface area contributed by atoms with Crippen molar-refractivity contribution < 1.29 is 0 Å². The Morgan fingerprint density at radius 2 is 1.09 bits per heavy atom. The van der Waals surface area contributed by atoms with Crippen LogP contribution in [-0.2, 0) is 0 Å². The molecule has 0 unspecified atom stereocenters. The van der Waals surface area contributed by atoms with Crippen LogP contribution in [0, 0.1) is 6.92 Å². The fraction of sp³-hybridized carbons (Fsp3) is 0.455. The van der Waals surface area contributed by atoms with Gasteiger partial charge in [-0.3, -0.25) is 0 Å². The minimum absolute atomic E-state index is 0.567. The highest BCUT2D eigenvalue weighted by atomic mass is 32.2. The summed E-state index contributed by atoms with van der Waals surface area (Å²) in [5.41, 5.74) is 5.82. The molecule has 23 heavy (non-hydrogen) atoms. The van der Waals surface area contributed by atoms with E-state index in [4.69, 9.17) is 0 Å². The molecule has 124 valence electrons. The Bertz CT molecular complexity index is 666. The van der Waals surface area contributed by atoms with Gasteiger partial charge >= 0.3 is 0 Å². The molecule has 0 amide bonds. The highest BCUT2D eigenvalue weighted by Crippen LogP contribution is 2.35. The van der Waals surface area contributed by atoms with Gasteiger partial charge in [-0.05, 0) is 71.2 Å². The summed E-state index contributed by atoms with van der Waals surface area (Å²) in [6, 6.07) is 13.8. The van der Waals surface area contributed by atoms with Crippen molar-refractivity contribution in [2.24, 2.45) is 0 Å². The molecular formula is C22H30S. The third kappa shape index (κ3) is 4.41. The second kappa shape index (κ2) is 7.57. The average Bonchev–Trinajstić information content (AvgIpc) is 2.48. The zero-order chi connectivity index (χ0) is 17.1. The summed E-state index contributed by atoms with van der Waals surface area (Å²) in [5, 5.41) is 0. The molecule has 2 aromatic rings. The molecule has 0 heterocycles. The number of aryl methyl sites for hydroxylation is 1. The SMILES string of the molecule is Cc1ccc(Sc2ccc(C(C)C)c(C(C)C)c2)cc1C(C)C. The van der Waals surface area contributed by atoms with Crippen molar-refractivity contribution in [3.05, 3.63) is 58.7 Å². The van der Waals surface area contributed by atoms with E-state index in [1.165, 1.54) is 32.0 Å². The smallest absolute Gasteiger partial charge is 0.0125 e. The van der Waals surface area contributed by atoms with Gasteiger partial charge in [-0.15, -0.1) is 0 Å². The van der Waals surface area contributed by atoms with E-state index in [1.54, 1.807) is 0 Å². The topological polar surface area (TPSA) is 0 Å². The van der Waals surface area contributed by atoms with Crippen molar-refractivity contribution >= 4 is 11.8 Å². The zero-order valence-electron chi connectivity index (χ0n) is 15.6. The molecule has 0 saturated heterocycles. The van der Waals surface area contributed by atoms with Gasteiger partial charge in [0.2, 0.25) is 0 Å². The maximum atomic E-state index is 2.39. The number of hydrogen-bond acceptors (Lipinski definition) is 1. The zero-order valence-corrected chi connectivity index (χ0v) is 16.4. The predicted octanol–water partition coefficient (Wildman–Crippen LogP) is 7.52. The predicted molar refractivity (Wildman–Crippen MR) is 104 cm³/mol. The third-order valence-electron chi connectivity index (χ3n) is 4.41. The fourth-order valence-electron chi connectivity index (χ4n) is 3.08. The summed E-state index contributed by atoms with van der Waals surface area (Å²) in [7, 11) is 0. The van der Waals surface area contributed by atoms with Crippen LogP contribution in [0.5, 0.6) is 0 Å². The van der Waals surface area contributed by atoms with Crippen LogP contribution in [0.1, 0.15) is 81.5 Å². The van der Waals surface area contributed by atoms with Crippen molar-refractivity contribution in [2.45, 2.75) is 76.0 Å². The molecule has 0 radical (unpaired) electrons. The van der Waals surface area contributed by atoms with Gasteiger partial charge in [0.05, 0.1) is 0 Å². The van der Waals surface area contributed by atoms with Crippen LogP contribution in [-0.4, -0.2) is 0 Å². The molecule has 0 aliphatic carbocycles. The minimum atomic E-state index is 0.567. The van der Waals surface area contributed by atoms with E-state index in [9.17, 15) is 0 Å². The molecule has 0 atom stereocenters. The summed E-state index contributed by atoms with van der Waals surface area (Å²) in [5.74, 6) is 1.72. The standard InChI is InChI=1S/C22H30S/c1-14(2)20-11-10-19(13-22(20)16(5)6)23-18-9-8-17(7)21(12-18)15(3)4/h8-16H,1-7H3. The monoisotopic (exact) mass is 326 g/mol. The Morgan fingerprint density at radius 1 is 0.609 bits per heavy atom. The first-order valence-electron chi connectivity index (χ1n) is 8.71. The van der Waals surface area contributed by atoms with E-state index in [0.29, 0.717) is 17.8 Å². The van der Waals surface area contributed by atoms with Gasteiger partial charge in [-0.1, -0.05) is 65.4 Å². The highest BCUT2D eigenvalue weighted by molar-refractivity contribution is 7.99. The molecule has 0 aliphatic heterocycles. The van der Waals surface area contributed by atoms with E-state index in [0.717, 1.165) is 0 Å². The number of benzene rings is 2. The highest BCUT2D eigenvalue weighted by Gasteiger charge is 2.12. The number of hydrogen-bond donors (Lipinski definition) is 0. The Labute approximate surface area is 146 Å². The molecule has 0 spiro atoms. The van der Waals surface area contributed by atoms with Crippen LogP contribution in [0.3, 0.4) is 0 Å². The van der Waals surface area contributed by atoms with Gasteiger partial charge in [-0.2, -0.15) is 0 Å². The summed E-state index contributed by atoms with van der Waals surface area (Å²) in [6.45, 7) is 15.9. The first-order valence-corrected chi connectivity index (χ1v) is 9.53. The van der Waals surface area contributed by atoms with E-state index < -0.39 is 0 Å². The molecule has 0 aliphatic rings. The van der Waals surface area contributed by atoms with E-state index in [1.807, 2.05) is 11.8 Å². The van der Waals surface area contributed by atoms with E-state index in [2.05, 4.69) is 84.9 Å². The van der Waals surface area contributed by atoms with Crippen molar-refractivity contribution in [3.63, 3.8) is 0 Å². The third-order valence-corrected chi connectivity index (χ3v) is 5.39. The van der Waals surface area contributed by atoms with Crippen molar-refractivity contribution in [2.75, 3.05) is 0 Å².